The van der Waals surface area contributed by atoms with Crippen LogP contribution in [-0.2, 0) is 10.0 Å². The molecule has 3 N–H and O–H groups in total. The second-order valence-corrected chi connectivity index (χ2v) is 6.90. The summed E-state index contributed by atoms with van der Waals surface area (Å²) in [5, 5.41) is 18.6. The molecular formula is C11H17NO5S2. The molecule has 0 aliphatic heterocycles. The third-order valence-electron chi connectivity index (χ3n) is 2.46. The van der Waals surface area contributed by atoms with Crippen LogP contribution in [0.5, 0.6) is 0 Å². The molecule has 0 unspecified atom stereocenters. The topological polar surface area (TPSA) is 104 Å². The lowest BCUT2D eigenvalue weighted by molar-refractivity contribution is 0.0697. The van der Waals surface area contributed by atoms with Crippen molar-refractivity contribution in [1.29, 1.82) is 0 Å². The highest BCUT2D eigenvalue weighted by molar-refractivity contribution is 7.91. The van der Waals surface area contributed by atoms with Crippen molar-refractivity contribution < 1.29 is 23.4 Å². The summed E-state index contributed by atoms with van der Waals surface area (Å²) < 4.78 is 26.1. The molecule has 1 heterocycles. The predicted octanol–water partition coefficient (Wildman–Crippen LogP) is 1.28. The Morgan fingerprint density at radius 3 is 2.53 bits per heavy atom. The minimum Gasteiger partial charge on any atom is -0.478 e. The standard InChI is InChI=1S/C11H17NO5S2/c13-6-4-2-1-3-5-12-19(16,17)10-7-9(8-18-10)11(14)15/h7-8,12-13H,1-6H2,(H,14,15). The van der Waals surface area contributed by atoms with Gasteiger partial charge in [-0.05, 0) is 18.9 Å². The Morgan fingerprint density at radius 2 is 1.95 bits per heavy atom. The van der Waals surface area contributed by atoms with Crippen molar-refractivity contribution in [2.24, 2.45) is 0 Å². The van der Waals surface area contributed by atoms with Crippen molar-refractivity contribution in [2.75, 3.05) is 13.2 Å². The van der Waals surface area contributed by atoms with Gasteiger partial charge >= 0.3 is 5.97 Å². The van der Waals surface area contributed by atoms with E-state index in [2.05, 4.69) is 4.72 Å². The molecule has 1 rings (SSSR count). The lowest BCUT2D eigenvalue weighted by atomic mass is 10.2. The second-order valence-electron chi connectivity index (χ2n) is 4.00. The van der Waals surface area contributed by atoms with Crippen molar-refractivity contribution in [1.82, 2.24) is 4.72 Å². The van der Waals surface area contributed by atoms with Crippen molar-refractivity contribution in [3.8, 4) is 0 Å². The lowest BCUT2D eigenvalue weighted by Gasteiger charge is -2.04. The van der Waals surface area contributed by atoms with Crippen molar-refractivity contribution >= 4 is 27.3 Å². The van der Waals surface area contributed by atoms with Gasteiger partial charge < -0.3 is 10.2 Å². The fourth-order valence-electron chi connectivity index (χ4n) is 1.44. The summed E-state index contributed by atoms with van der Waals surface area (Å²) in [6.07, 6.45) is 3.12. The van der Waals surface area contributed by atoms with Gasteiger partial charge in [0.15, 0.2) is 0 Å². The zero-order valence-electron chi connectivity index (χ0n) is 10.3. The first-order valence-electron chi connectivity index (χ1n) is 5.89. The number of hydrogen-bond acceptors (Lipinski definition) is 5. The quantitative estimate of drug-likeness (QED) is 0.596. The molecule has 6 nitrogen and oxygen atoms in total. The predicted molar refractivity (Wildman–Crippen MR) is 72.0 cm³/mol. The maximum atomic E-state index is 11.8. The van der Waals surface area contributed by atoms with Gasteiger partial charge in [-0.3, -0.25) is 0 Å². The van der Waals surface area contributed by atoms with Gasteiger partial charge in [-0.2, -0.15) is 0 Å². The van der Waals surface area contributed by atoms with Crippen molar-refractivity contribution in [2.45, 2.75) is 29.9 Å². The summed E-state index contributed by atoms with van der Waals surface area (Å²) in [6, 6.07) is 1.15. The van der Waals surface area contributed by atoms with Gasteiger partial charge in [0.1, 0.15) is 4.21 Å². The van der Waals surface area contributed by atoms with E-state index in [1.54, 1.807) is 0 Å². The normalized spacial score (nSPS) is 11.6. The number of sulfonamides is 1. The van der Waals surface area contributed by atoms with Gasteiger partial charge in [0.25, 0.3) is 0 Å². The maximum absolute atomic E-state index is 11.8. The zero-order chi connectivity index (χ0) is 14.3. The Bertz CT molecular complexity index is 509. The van der Waals surface area contributed by atoms with E-state index in [9.17, 15) is 13.2 Å². The highest BCUT2D eigenvalue weighted by Crippen LogP contribution is 2.20. The summed E-state index contributed by atoms with van der Waals surface area (Å²) in [5.41, 5.74) is -0.0201. The molecule has 0 spiro atoms. The first-order chi connectivity index (χ1) is 8.97. The highest BCUT2D eigenvalue weighted by atomic mass is 32.2. The molecule has 0 saturated heterocycles. The van der Waals surface area contributed by atoms with Crippen molar-refractivity contribution in [3.63, 3.8) is 0 Å². The lowest BCUT2D eigenvalue weighted by Crippen LogP contribution is -2.24. The van der Waals surface area contributed by atoms with Crippen LogP contribution in [0.15, 0.2) is 15.7 Å². The van der Waals surface area contributed by atoms with Crippen LogP contribution in [0.4, 0.5) is 0 Å². The molecule has 0 amide bonds. The average Bonchev–Trinajstić information content (AvgIpc) is 2.84. The number of aliphatic hydroxyl groups is 1. The summed E-state index contributed by atoms with van der Waals surface area (Å²) in [4.78, 5) is 10.7. The number of aromatic carboxylic acids is 1. The minimum absolute atomic E-state index is 0.0141. The van der Waals surface area contributed by atoms with Gasteiger partial charge in [0, 0.05) is 18.5 Å². The number of rotatable bonds is 9. The van der Waals surface area contributed by atoms with Crippen LogP contribution in [0.3, 0.4) is 0 Å². The zero-order valence-corrected chi connectivity index (χ0v) is 12.0. The number of carbonyl (C=O) groups is 1. The molecule has 1 aromatic rings. The van der Waals surface area contributed by atoms with Crippen LogP contribution < -0.4 is 4.72 Å². The number of hydrogen-bond donors (Lipinski definition) is 3. The molecule has 0 radical (unpaired) electrons. The van der Waals surface area contributed by atoms with Crippen LogP contribution in [0.2, 0.25) is 0 Å². The van der Waals surface area contributed by atoms with Crippen LogP contribution >= 0.6 is 11.3 Å². The number of thiophene rings is 1. The fourth-order valence-corrected chi connectivity index (χ4v) is 3.71. The minimum atomic E-state index is -3.61. The number of carboxylic acid groups (broad SMARTS) is 1. The van der Waals surface area contributed by atoms with Crippen LogP contribution in [0.1, 0.15) is 36.0 Å². The van der Waals surface area contributed by atoms with Crippen LogP contribution in [0, 0.1) is 0 Å². The van der Waals surface area contributed by atoms with E-state index in [1.807, 2.05) is 0 Å². The summed E-state index contributed by atoms with van der Waals surface area (Å²) >= 11 is 0.892. The molecule has 19 heavy (non-hydrogen) atoms. The van der Waals surface area contributed by atoms with Gasteiger partial charge in [-0.15, -0.1) is 11.3 Å². The number of unbranched alkanes of at least 4 members (excludes halogenated alkanes) is 3. The average molecular weight is 307 g/mol. The summed E-state index contributed by atoms with van der Waals surface area (Å²) in [6.45, 7) is 0.465. The molecule has 108 valence electrons. The molecule has 0 bridgehead atoms. The molecule has 0 aliphatic rings. The van der Waals surface area contributed by atoms with Gasteiger partial charge in [0.05, 0.1) is 5.56 Å². The number of aliphatic hydroxyl groups excluding tert-OH is 1. The second kappa shape index (κ2) is 7.59. The van der Waals surface area contributed by atoms with Gasteiger partial charge in [-0.1, -0.05) is 12.8 Å². The molecule has 0 fully saturated rings. The molecule has 8 heteroatoms. The smallest absolute Gasteiger partial charge is 0.336 e. The van der Waals surface area contributed by atoms with E-state index in [-0.39, 0.29) is 16.4 Å². The largest absolute Gasteiger partial charge is 0.478 e. The number of nitrogens with one attached hydrogen (secondary N) is 1. The van der Waals surface area contributed by atoms with E-state index < -0.39 is 16.0 Å². The molecule has 0 aromatic carbocycles. The van der Waals surface area contributed by atoms with Gasteiger partial charge in [0.2, 0.25) is 10.0 Å². The van der Waals surface area contributed by atoms with E-state index in [0.717, 1.165) is 36.7 Å². The Balaban J connectivity index is 2.44. The maximum Gasteiger partial charge on any atom is 0.336 e. The SMILES string of the molecule is O=C(O)c1csc(S(=O)(=O)NCCCCCCO)c1. The van der Waals surface area contributed by atoms with Crippen molar-refractivity contribution in [3.05, 3.63) is 17.0 Å². The first kappa shape index (κ1) is 16.1. The molecule has 0 atom stereocenters. The van der Waals surface area contributed by atoms with E-state index in [1.165, 1.54) is 5.38 Å². The highest BCUT2D eigenvalue weighted by Gasteiger charge is 2.18. The molecule has 1 aromatic heterocycles. The molecular weight excluding hydrogens is 290 g/mol. The Hall–Kier alpha value is -0.960. The van der Waals surface area contributed by atoms with Gasteiger partial charge in [-0.25, -0.2) is 17.9 Å². The third-order valence-corrected chi connectivity index (χ3v) is 5.36. The van der Waals surface area contributed by atoms with Crippen LogP contribution in [-0.4, -0.2) is 37.8 Å². The monoisotopic (exact) mass is 307 g/mol. The summed E-state index contributed by atoms with van der Waals surface area (Å²) in [5.74, 6) is -1.14. The molecule has 0 saturated carbocycles. The molecule has 0 aliphatic carbocycles. The van der Waals surface area contributed by atoms with E-state index >= 15 is 0 Å². The number of carboxylic acids is 1. The fraction of sp³-hybridized carbons (Fsp3) is 0.545. The third kappa shape index (κ3) is 5.27. The van der Waals surface area contributed by atoms with Crippen LogP contribution in [0.25, 0.3) is 0 Å². The van der Waals surface area contributed by atoms with E-state index in [0.29, 0.717) is 13.0 Å². The Labute approximate surface area is 116 Å². The Morgan fingerprint density at radius 1 is 1.26 bits per heavy atom. The summed E-state index contributed by atoms with van der Waals surface area (Å²) in [7, 11) is -3.61. The Kier molecular flexibility index (Phi) is 6.43. The van der Waals surface area contributed by atoms with E-state index in [4.69, 9.17) is 10.2 Å². The first-order valence-corrected chi connectivity index (χ1v) is 8.26.